The average Bonchev–Trinajstić information content (AvgIpc) is 2.90. The Morgan fingerprint density at radius 1 is 0.868 bits per heavy atom. The van der Waals surface area contributed by atoms with Gasteiger partial charge in [0.25, 0.3) is 0 Å². The molecule has 0 fully saturated rings. The molecule has 1 aromatic carbocycles. The summed E-state index contributed by atoms with van der Waals surface area (Å²) < 4.78 is 0. The summed E-state index contributed by atoms with van der Waals surface area (Å²) in [6.07, 6.45) is 12.3. The van der Waals surface area contributed by atoms with Crippen LogP contribution in [0.1, 0.15) is 107 Å². The minimum absolute atomic E-state index is 0.583. The molecule has 0 aliphatic heterocycles. The van der Waals surface area contributed by atoms with Gasteiger partial charge >= 0.3 is 0 Å². The van der Waals surface area contributed by atoms with E-state index in [0.717, 1.165) is 22.3 Å². The van der Waals surface area contributed by atoms with Crippen LogP contribution >= 0.6 is 0 Å². The van der Waals surface area contributed by atoms with Crippen molar-refractivity contribution in [3.8, 4) is 0 Å². The monoisotopic (exact) mass is 521 g/mol. The van der Waals surface area contributed by atoms with Gasteiger partial charge in [-0.2, -0.15) is 0 Å². The largest absolute Gasteiger partial charge is 0.383 e. The molecule has 38 heavy (non-hydrogen) atoms. The maximum atomic E-state index is 3.96. The van der Waals surface area contributed by atoms with E-state index in [1.807, 2.05) is 90.9 Å². The lowest BCUT2D eigenvalue weighted by atomic mass is 9.88. The quantitative estimate of drug-likeness (QED) is 0.292. The van der Waals surface area contributed by atoms with Gasteiger partial charge in [0.2, 0.25) is 0 Å². The number of hydrogen-bond donors (Lipinski definition) is 0. The molecule has 0 atom stereocenters. The summed E-state index contributed by atoms with van der Waals surface area (Å²) in [6.45, 7) is 40.7. The lowest BCUT2D eigenvalue weighted by Crippen LogP contribution is -2.05. The maximum absolute atomic E-state index is 3.96. The van der Waals surface area contributed by atoms with Crippen LogP contribution in [0.5, 0.6) is 0 Å². The van der Waals surface area contributed by atoms with Gasteiger partial charge in [0, 0.05) is 20.3 Å². The highest BCUT2D eigenvalue weighted by Gasteiger charge is 2.09. The second kappa shape index (κ2) is 25.8. The van der Waals surface area contributed by atoms with Crippen LogP contribution in [-0.4, -0.2) is 19.0 Å². The molecular formula is C37H63N. The van der Waals surface area contributed by atoms with Crippen molar-refractivity contribution < 1.29 is 0 Å². The summed E-state index contributed by atoms with van der Waals surface area (Å²) in [5.74, 6) is 0. The van der Waals surface area contributed by atoms with Crippen molar-refractivity contribution in [3.05, 3.63) is 109 Å². The molecule has 0 aliphatic carbocycles. The SMILES string of the molecule is C=C/C(=C\N(C)C)c1cccc(C(=C)C)c1.C=CC(C(=C)/C=C\C)=C(C)C.CC.CC.CCC(C)(C)CC. The first-order valence-corrected chi connectivity index (χ1v) is 14.2. The summed E-state index contributed by atoms with van der Waals surface area (Å²) in [5.41, 5.74) is 8.55. The summed E-state index contributed by atoms with van der Waals surface area (Å²) >= 11 is 0. The number of benzene rings is 1. The molecule has 0 amide bonds. The van der Waals surface area contributed by atoms with E-state index in [-0.39, 0.29) is 0 Å². The maximum Gasteiger partial charge on any atom is 0.00645 e. The minimum atomic E-state index is 0.583. The Labute approximate surface area is 240 Å². The number of allylic oxidation sites excluding steroid dienone is 9. The Morgan fingerprint density at radius 2 is 1.34 bits per heavy atom. The van der Waals surface area contributed by atoms with E-state index in [4.69, 9.17) is 0 Å². The smallest absolute Gasteiger partial charge is 0.00645 e. The fourth-order valence-electron chi connectivity index (χ4n) is 2.68. The highest BCUT2D eigenvalue weighted by molar-refractivity contribution is 5.76. The van der Waals surface area contributed by atoms with Gasteiger partial charge in [-0.25, -0.2) is 0 Å². The fourth-order valence-corrected chi connectivity index (χ4v) is 2.68. The van der Waals surface area contributed by atoms with E-state index in [1.54, 1.807) is 0 Å². The van der Waals surface area contributed by atoms with Gasteiger partial charge in [0.15, 0.2) is 0 Å². The molecule has 0 heterocycles. The highest BCUT2D eigenvalue weighted by atomic mass is 15.0. The van der Waals surface area contributed by atoms with Crippen LogP contribution < -0.4 is 0 Å². The van der Waals surface area contributed by atoms with Crippen molar-refractivity contribution in [2.75, 3.05) is 14.1 Å². The van der Waals surface area contributed by atoms with Crippen molar-refractivity contribution in [3.63, 3.8) is 0 Å². The third kappa shape index (κ3) is 21.3. The molecule has 1 rings (SSSR count). The van der Waals surface area contributed by atoms with Crippen LogP contribution in [0.25, 0.3) is 11.1 Å². The zero-order valence-electron chi connectivity index (χ0n) is 27.9. The van der Waals surface area contributed by atoms with Crippen molar-refractivity contribution in [1.82, 2.24) is 4.90 Å². The predicted octanol–water partition coefficient (Wildman–Crippen LogP) is 12.3. The predicted molar refractivity (Wildman–Crippen MR) is 183 cm³/mol. The Morgan fingerprint density at radius 3 is 1.63 bits per heavy atom. The van der Waals surface area contributed by atoms with Gasteiger partial charge in [0.05, 0.1) is 0 Å². The molecule has 0 aromatic heterocycles. The molecule has 216 valence electrons. The number of rotatable bonds is 9. The fraction of sp³-hybridized carbons (Fsp3) is 0.459. The molecule has 1 nitrogen and oxygen atoms in total. The van der Waals surface area contributed by atoms with E-state index in [2.05, 4.69) is 92.3 Å². The van der Waals surface area contributed by atoms with Gasteiger partial charge in [-0.1, -0.05) is 148 Å². The summed E-state index contributed by atoms with van der Waals surface area (Å²) in [7, 11) is 4.01. The Balaban J connectivity index is -0.000000229. The van der Waals surface area contributed by atoms with Crippen molar-refractivity contribution in [2.24, 2.45) is 5.41 Å². The summed E-state index contributed by atoms with van der Waals surface area (Å²) in [4.78, 5) is 2.02. The first kappa shape index (κ1) is 42.3. The molecular weight excluding hydrogens is 458 g/mol. The lowest BCUT2D eigenvalue weighted by molar-refractivity contribution is 0.338. The van der Waals surface area contributed by atoms with Gasteiger partial charge in [0.1, 0.15) is 0 Å². The van der Waals surface area contributed by atoms with Crippen LogP contribution in [0.3, 0.4) is 0 Å². The van der Waals surface area contributed by atoms with Crippen LogP contribution in [-0.2, 0) is 0 Å². The van der Waals surface area contributed by atoms with Crippen molar-refractivity contribution in [2.45, 2.75) is 95.9 Å². The average molecular weight is 522 g/mol. The molecule has 0 radical (unpaired) electrons. The van der Waals surface area contributed by atoms with E-state index >= 15 is 0 Å². The first-order valence-electron chi connectivity index (χ1n) is 14.2. The van der Waals surface area contributed by atoms with Crippen molar-refractivity contribution >= 4 is 11.1 Å². The van der Waals surface area contributed by atoms with Gasteiger partial charge < -0.3 is 4.90 Å². The molecule has 0 N–H and O–H groups in total. The zero-order chi connectivity index (χ0) is 30.9. The second-order valence-corrected chi connectivity index (χ2v) is 9.63. The number of nitrogens with zero attached hydrogens (tertiary/aromatic N) is 1. The molecule has 1 aromatic rings. The normalized spacial score (nSPS) is 10.0. The summed E-state index contributed by atoms with van der Waals surface area (Å²) in [5, 5.41) is 0. The van der Waals surface area contributed by atoms with E-state index in [9.17, 15) is 0 Å². The second-order valence-electron chi connectivity index (χ2n) is 9.63. The Bertz CT molecular complexity index is 875. The van der Waals surface area contributed by atoms with Gasteiger partial charge in [-0.15, -0.1) is 0 Å². The Kier molecular flexibility index (Phi) is 28.8. The molecule has 0 aliphatic rings. The van der Waals surface area contributed by atoms with E-state index in [0.29, 0.717) is 5.41 Å². The van der Waals surface area contributed by atoms with Gasteiger partial charge in [-0.3, -0.25) is 0 Å². The Hall–Kier alpha value is -2.80. The van der Waals surface area contributed by atoms with Crippen LogP contribution in [0.2, 0.25) is 0 Å². The van der Waals surface area contributed by atoms with Crippen LogP contribution in [0.15, 0.2) is 97.8 Å². The van der Waals surface area contributed by atoms with E-state index < -0.39 is 0 Å². The third-order valence-corrected chi connectivity index (χ3v) is 5.68. The van der Waals surface area contributed by atoms with Crippen LogP contribution in [0, 0.1) is 5.41 Å². The van der Waals surface area contributed by atoms with E-state index in [1.165, 1.54) is 29.5 Å². The third-order valence-electron chi connectivity index (χ3n) is 5.68. The zero-order valence-corrected chi connectivity index (χ0v) is 27.9. The standard InChI is InChI=1S/C15H19N.C11H16.C7H16.2C2H6/c1-6-13(11-16(4)5)15-9-7-8-14(10-15)12(2)3;1-6-8-10(5)11(7-2)9(3)4;1-5-7(3,4)6-2;2*1-2/h6-11H,1-2H2,3-5H3;6-8H,2,5H2,1,3-4H3;5-6H2,1-4H3;2*1-2H3/b13-11+;8-6-;;;. The molecule has 0 unspecified atom stereocenters. The number of hydrogen-bond acceptors (Lipinski definition) is 1. The van der Waals surface area contributed by atoms with Gasteiger partial charge in [-0.05, 0) is 67.0 Å². The molecule has 0 saturated carbocycles. The highest BCUT2D eigenvalue weighted by Crippen LogP contribution is 2.23. The molecule has 0 bridgehead atoms. The first-order chi connectivity index (χ1) is 17.8. The van der Waals surface area contributed by atoms with Crippen LogP contribution in [0.4, 0.5) is 0 Å². The molecule has 1 heteroatoms. The molecule has 0 spiro atoms. The topological polar surface area (TPSA) is 3.24 Å². The van der Waals surface area contributed by atoms with Crippen molar-refractivity contribution in [1.29, 1.82) is 0 Å². The molecule has 0 saturated heterocycles. The summed E-state index contributed by atoms with van der Waals surface area (Å²) in [6, 6.07) is 8.34. The minimum Gasteiger partial charge on any atom is -0.383 e. The lowest BCUT2D eigenvalue weighted by Gasteiger charge is -2.18.